The van der Waals surface area contributed by atoms with Crippen molar-refractivity contribution in [3.05, 3.63) is 72.2 Å². The molecule has 2 fully saturated rings. The summed E-state index contributed by atoms with van der Waals surface area (Å²) in [6.07, 6.45) is 6.47. The molecule has 1 amide bonds. The van der Waals surface area contributed by atoms with Crippen LogP contribution in [0.2, 0.25) is 0 Å². The van der Waals surface area contributed by atoms with Gasteiger partial charge in [0, 0.05) is 55.7 Å². The standard InChI is InChI=1S/C22H23N5O/c28-22(18-5-7-19(8-6-18)25-11-1-2-12-25)27-15-13-26(14-16-27)21-10-9-20(23-24-21)17-3-4-17/h1-2,5-12,17H,3-4,13-16H2. The van der Waals surface area contributed by atoms with Gasteiger partial charge in [0.15, 0.2) is 5.82 Å². The summed E-state index contributed by atoms with van der Waals surface area (Å²) in [6, 6.07) is 15.9. The van der Waals surface area contributed by atoms with Gasteiger partial charge in [-0.15, -0.1) is 5.10 Å². The van der Waals surface area contributed by atoms with E-state index in [2.05, 4.69) is 27.2 Å². The summed E-state index contributed by atoms with van der Waals surface area (Å²) < 4.78 is 2.03. The van der Waals surface area contributed by atoms with Crippen LogP contribution in [0.3, 0.4) is 0 Å². The fraction of sp³-hybridized carbons (Fsp3) is 0.318. The van der Waals surface area contributed by atoms with Gasteiger partial charge in [0.2, 0.25) is 0 Å². The predicted molar refractivity (Wildman–Crippen MR) is 108 cm³/mol. The minimum Gasteiger partial charge on any atom is -0.352 e. The van der Waals surface area contributed by atoms with E-state index in [1.807, 2.05) is 58.3 Å². The first-order valence-electron chi connectivity index (χ1n) is 9.89. The lowest BCUT2D eigenvalue weighted by Crippen LogP contribution is -2.49. The zero-order valence-electron chi connectivity index (χ0n) is 15.7. The first kappa shape index (κ1) is 17.0. The number of benzene rings is 1. The van der Waals surface area contributed by atoms with Crippen molar-refractivity contribution in [2.45, 2.75) is 18.8 Å². The quantitative estimate of drug-likeness (QED) is 0.705. The summed E-state index contributed by atoms with van der Waals surface area (Å²) in [4.78, 5) is 17.0. The summed E-state index contributed by atoms with van der Waals surface area (Å²) in [5.41, 5.74) is 2.90. The van der Waals surface area contributed by atoms with Crippen LogP contribution in [0.25, 0.3) is 5.69 Å². The molecule has 1 saturated heterocycles. The monoisotopic (exact) mass is 373 g/mol. The smallest absolute Gasteiger partial charge is 0.253 e. The minimum absolute atomic E-state index is 0.0915. The lowest BCUT2D eigenvalue weighted by atomic mass is 10.1. The molecule has 6 heteroatoms. The lowest BCUT2D eigenvalue weighted by molar-refractivity contribution is 0.0746. The number of piperazine rings is 1. The lowest BCUT2D eigenvalue weighted by Gasteiger charge is -2.35. The summed E-state index contributed by atoms with van der Waals surface area (Å²) in [5.74, 6) is 1.63. The third kappa shape index (κ3) is 3.38. The number of carbonyl (C=O) groups excluding carboxylic acids is 1. The third-order valence-electron chi connectivity index (χ3n) is 5.57. The maximum atomic E-state index is 12.8. The largest absolute Gasteiger partial charge is 0.352 e. The van der Waals surface area contributed by atoms with Crippen LogP contribution in [0, 0.1) is 0 Å². The van der Waals surface area contributed by atoms with E-state index in [0.29, 0.717) is 19.0 Å². The highest BCUT2D eigenvalue weighted by molar-refractivity contribution is 5.94. The second-order valence-electron chi connectivity index (χ2n) is 7.51. The van der Waals surface area contributed by atoms with E-state index >= 15 is 0 Å². The van der Waals surface area contributed by atoms with Gasteiger partial charge in [-0.3, -0.25) is 4.79 Å². The Kier molecular flexibility index (Phi) is 4.31. The topological polar surface area (TPSA) is 54.3 Å². The Morgan fingerprint density at radius 2 is 1.57 bits per heavy atom. The molecule has 0 N–H and O–H groups in total. The van der Waals surface area contributed by atoms with Gasteiger partial charge in [0.25, 0.3) is 5.91 Å². The fourth-order valence-electron chi connectivity index (χ4n) is 3.71. The highest BCUT2D eigenvalue weighted by Crippen LogP contribution is 2.38. The number of aromatic nitrogens is 3. The van der Waals surface area contributed by atoms with Gasteiger partial charge in [-0.1, -0.05) is 0 Å². The molecule has 1 aliphatic heterocycles. The van der Waals surface area contributed by atoms with Crippen LogP contribution in [0.1, 0.15) is 34.8 Å². The van der Waals surface area contributed by atoms with E-state index in [1.165, 1.54) is 12.8 Å². The molecule has 3 heterocycles. The maximum Gasteiger partial charge on any atom is 0.253 e. The molecule has 1 aliphatic carbocycles. The van der Waals surface area contributed by atoms with Crippen molar-refractivity contribution in [3.8, 4) is 5.69 Å². The molecule has 28 heavy (non-hydrogen) atoms. The summed E-state index contributed by atoms with van der Waals surface area (Å²) in [7, 11) is 0. The van der Waals surface area contributed by atoms with Crippen molar-refractivity contribution in [1.82, 2.24) is 19.7 Å². The molecule has 1 saturated carbocycles. The fourth-order valence-corrected chi connectivity index (χ4v) is 3.71. The molecule has 2 aromatic heterocycles. The second kappa shape index (κ2) is 7.11. The first-order valence-corrected chi connectivity index (χ1v) is 9.89. The van der Waals surface area contributed by atoms with Gasteiger partial charge in [0.05, 0.1) is 5.69 Å². The SMILES string of the molecule is O=C(c1ccc(-n2cccc2)cc1)N1CCN(c2ccc(C3CC3)nn2)CC1. The van der Waals surface area contributed by atoms with Crippen LogP contribution in [-0.2, 0) is 0 Å². The van der Waals surface area contributed by atoms with E-state index in [-0.39, 0.29) is 5.91 Å². The number of carbonyl (C=O) groups is 1. The molecule has 6 nitrogen and oxygen atoms in total. The van der Waals surface area contributed by atoms with Crippen molar-refractivity contribution in [2.24, 2.45) is 0 Å². The van der Waals surface area contributed by atoms with Crippen LogP contribution in [0.15, 0.2) is 60.9 Å². The Morgan fingerprint density at radius 1 is 0.857 bits per heavy atom. The first-order chi connectivity index (χ1) is 13.8. The number of hydrogen-bond acceptors (Lipinski definition) is 4. The van der Waals surface area contributed by atoms with E-state index < -0.39 is 0 Å². The van der Waals surface area contributed by atoms with E-state index in [4.69, 9.17) is 0 Å². The minimum atomic E-state index is 0.0915. The van der Waals surface area contributed by atoms with Crippen LogP contribution >= 0.6 is 0 Å². The van der Waals surface area contributed by atoms with Crippen LogP contribution in [0.4, 0.5) is 5.82 Å². The Bertz CT molecular complexity index is 938. The van der Waals surface area contributed by atoms with Gasteiger partial charge < -0.3 is 14.4 Å². The molecule has 5 rings (SSSR count). The molecule has 3 aromatic rings. The van der Waals surface area contributed by atoms with Crippen molar-refractivity contribution in [2.75, 3.05) is 31.1 Å². The molecule has 0 bridgehead atoms. The Balaban J connectivity index is 1.20. The van der Waals surface area contributed by atoms with Gasteiger partial charge in [0.1, 0.15) is 0 Å². The van der Waals surface area contributed by atoms with Crippen LogP contribution in [-0.4, -0.2) is 51.8 Å². The molecule has 2 aliphatic rings. The van der Waals surface area contributed by atoms with Crippen LogP contribution in [0.5, 0.6) is 0 Å². The van der Waals surface area contributed by atoms with Crippen molar-refractivity contribution in [1.29, 1.82) is 0 Å². The van der Waals surface area contributed by atoms with Gasteiger partial charge in [-0.25, -0.2) is 0 Å². The Labute approximate surface area is 164 Å². The normalized spacial score (nSPS) is 17.0. The molecule has 1 aromatic carbocycles. The van der Waals surface area contributed by atoms with Gasteiger partial charge in [-0.05, 0) is 61.4 Å². The molecule has 0 atom stereocenters. The average molecular weight is 373 g/mol. The zero-order valence-corrected chi connectivity index (χ0v) is 15.7. The van der Waals surface area contributed by atoms with E-state index in [1.54, 1.807) is 0 Å². The Morgan fingerprint density at radius 3 is 2.18 bits per heavy atom. The highest BCUT2D eigenvalue weighted by Gasteiger charge is 2.26. The number of nitrogens with zero attached hydrogens (tertiary/aromatic N) is 5. The van der Waals surface area contributed by atoms with Crippen molar-refractivity contribution < 1.29 is 4.79 Å². The Hall–Kier alpha value is -3.15. The summed E-state index contributed by atoms with van der Waals surface area (Å²) in [5, 5.41) is 8.77. The molecular weight excluding hydrogens is 350 g/mol. The molecule has 0 spiro atoms. The maximum absolute atomic E-state index is 12.8. The molecule has 142 valence electrons. The summed E-state index contributed by atoms with van der Waals surface area (Å²) in [6.45, 7) is 2.96. The summed E-state index contributed by atoms with van der Waals surface area (Å²) >= 11 is 0. The molecular formula is C22H23N5O. The zero-order chi connectivity index (χ0) is 18.9. The van der Waals surface area contributed by atoms with Crippen LogP contribution < -0.4 is 4.90 Å². The second-order valence-corrected chi connectivity index (χ2v) is 7.51. The molecule has 0 unspecified atom stereocenters. The predicted octanol–water partition coefficient (Wildman–Crippen LogP) is 3.11. The van der Waals surface area contributed by atoms with E-state index in [0.717, 1.165) is 35.9 Å². The van der Waals surface area contributed by atoms with Gasteiger partial charge in [-0.2, -0.15) is 5.10 Å². The number of hydrogen-bond donors (Lipinski definition) is 0. The van der Waals surface area contributed by atoms with Crippen molar-refractivity contribution in [3.63, 3.8) is 0 Å². The number of rotatable bonds is 4. The van der Waals surface area contributed by atoms with E-state index in [9.17, 15) is 4.79 Å². The third-order valence-corrected chi connectivity index (χ3v) is 5.57. The molecule has 0 radical (unpaired) electrons. The average Bonchev–Trinajstić information content (AvgIpc) is 3.47. The van der Waals surface area contributed by atoms with Gasteiger partial charge >= 0.3 is 0 Å². The van der Waals surface area contributed by atoms with Crippen molar-refractivity contribution >= 4 is 11.7 Å². The highest BCUT2D eigenvalue weighted by atomic mass is 16.2. The number of amides is 1. The number of anilines is 1.